The molecule has 0 aliphatic rings. The molecule has 0 unspecified atom stereocenters. The number of hydrogen-bond donors (Lipinski definition) is 1. The second-order valence-corrected chi connectivity index (χ2v) is 5.44. The first-order valence-electron chi connectivity index (χ1n) is 7.18. The van der Waals surface area contributed by atoms with Crippen molar-refractivity contribution in [1.29, 1.82) is 0 Å². The second kappa shape index (κ2) is 6.58. The zero-order valence-electron chi connectivity index (χ0n) is 12.5. The number of aryl methyl sites for hydroxylation is 1. The topological polar surface area (TPSA) is 35.2 Å². The highest BCUT2D eigenvalue weighted by Crippen LogP contribution is 2.33. The fourth-order valence-electron chi connectivity index (χ4n) is 2.29. The minimum Gasteiger partial charge on any atom is -0.457 e. The Morgan fingerprint density at radius 1 is 1.05 bits per heavy atom. The molecule has 20 heavy (non-hydrogen) atoms. The highest BCUT2D eigenvalue weighted by molar-refractivity contribution is 5.44. The minimum atomic E-state index is 0.437. The summed E-state index contributed by atoms with van der Waals surface area (Å²) in [4.78, 5) is 0. The second-order valence-electron chi connectivity index (χ2n) is 5.44. The smallest absolute Gasteiger partial charge is 0.131 e. The first kappa shape index (κ1) is 14.6. The predicted octanol–water partition coefficient (Wildman–Crippen LogP) is 4.41. The van der Waals surface area contributed by atoms with Crippen LogP contribution >= 0.6 is 0 Å². The van der Waals surface area contributed by atoms with Crippen LogP contribution in [0.15, 0.2) is 42.5 Å². The van der Waals surface area contributed by atoms with E-state index in [9.17, 15) is 0 Å². The number of ether oxygens (including phenoxy) is 1. The third-order valence-electron chi connectivity index (χ3n) is 3.40. The van der Waals surface area contributed by atoms with Gasteiger partial charge in [0.25, 0.3) is 0 Å². The van der Waals surface area contributed by atoms with Crippen molar-refractivity contribution in [3.8, 4) is 11.5 Å². The molecule has 0 saturated carbocycles. The van der Waals surface area contributed by atoms with Crippen molar-refractivity contribution in [3.05, 3.63) is 59.2 Å². The van der Waals surface area contributed by atoms with Crippen LogP contribution in [0.5, 0.6) is 11.5 Å². The number of para-hydroxylation sites is 1. The van der Waals surface area contributed by atoms with Gasteiger partial charge >= 0.3 is 0 Å². The molecular formula is C18H23NO. The van der Waals surface area contributed by atoms with Gasteiger partial charge in [-0.3, -0.25) is 0 Å². The van der Waals surface area contributed by atoms with E-state index in [4.69, 9.17) is 10.5 Å². The third-order valence-corrected chi connectivity index (χ3v) is 3.40. The minimum absolute atomic E-state index is 0.437. The third kappa shape index (κ3) is 3.40. The Hall–Kier alpha value is -1.80. The summed E-state index contributed by atoms with van der Waals surface area (Å²) in [5, 5.41) is 0. The molecule has 2 aromatic rings. The molecule has 0 radical (unpaired) electrons. The number of nitrogens with two attached hydrogens (primary N) is 1. The molecule has 2 rings (SSSR count). The van der Waals surface area contributed by atoms with Gasteiger partial charge < -0.3 is 10.5 Å². The standard InChI is InChI=1S/C18H23NO/c1-13(2)16-9-8-14(3)12-18(16)20-17-7-5-4-6-15(17)10-11-19/h4-9,12-13H,10-11,19H2,1-3H3. The van der Waals surface area contributed by atoms with Gasteiger partial charge in [0.1, 0.15) is 11.5 Å². The van der Waals surface area contributed by atoms with Gasteiger partial charge in [0.05, 0.1) is 0 Å². The first-order chi connectivity index (χ1) is 9.61. The zero-order valence-corrected chi connectivity index (χ0v) is 12.5. The molecule has 2 heteroatoms. The molecule has 0 spiro atoms. The Morgan fingerprint density at radius 2 is 1.80 bits per heavy atom. The van der Waals surface area contributed by atoms with E-state index >= 15 is 0 Å². The van der Waals surface area contributed by atoms with Crippen molar-refractivity contribution in [2.75, 3.05) is 6.54 Å². The normalized spacial score (nSPS) is 10.8. The van der Waals surface area contributed by atoms with Crippen LogP contribution in [0.25, 0.3) is 0 Å². The fourth-order valence-corrected chi connectivity index (χ4v) is 2.29. The molecule has 2 N–H and O–H groups in total. The van der Waals surface area contributed by atoms with Crippen molar-refractivity contribution < 1.29 is 4.74 Å². The van der Waals surface area contributed by atoms with E-state index in [0.29, 0.717) is 12.5 Å². The molecule has 106 valence electrons. The molecule has 0 fully saturated rings. The molecule has 2 aromatic carbocycles. The fraction of sp³-hybridized carbons (Fsp3) is 0.333. The highest BCUT2D eigenvalue weighted by atomic mass is 16.5. The van der Waals surface area contributed by atoms with Gasteiger partial charge in [-0.05, 0) is 54.6 Å². The molecular weight excluding hydrogens is 246 g/mol. The number of hydrogen-bond acceptors (Lipinski definition) is 2. The largest absolute Gasteiger partial charge is 0.457 e. The Morgan fingerprint density at radius 3 is 2.50 bits per heavy atom. The number of rotatable bonds is 5. The lowest BCUT2D eigenvalue weighted by Gasteiger charge is -2.16. The lowest BCUT2D eigenvalue weighted by molar-refractivity contribution is 0.466. The van der Waals surface area contributed by atoms with Gasteiger partial charge in [0.15, 0.2) is 0 Å². The molecule has 0 aromatic heterocycles. The van der Waals surface area contributed by atoms with E-state index in [-0.39, 0.29) is 0 Å². The maximum atomic E-state index is 6.18. The van der Waals surface area contributed by atoms with Crippen LogP contribution in [0.4, 0.5) is 0 Å². The number of benzene rings is 2. The summed E-state index contributed by atoms with van der Waals surface area (Å²) in [6, 6.07) is 14.5. The monoisotopic (exact) mass is 269 g/mol. The average molecular weight is 269 g/mol. The molecule has 2 nitrogen and oxygen atoms in total. The van der Waals surface area contributed by atoms with Crippen molar-refractivity contribution in [3.63, 3.8) is 0 Å². The summed E-state index contributed by atoms with van der Waals surface area (Å²) in [6.45, 7) is 7.08. The average Bonchev–Trinajstić information content (AvgIpc) is 2.41. The summed E-state index contributed by atoms with van der Waals surface area (Å²) in [7, 11) is 0. The van der Waals surface area contributed by atoms with E-state index < -0.39 is 0 Å². The quantitative estimate of drug-likeness (QED) is 0.872. The highest BCUT2D eigenvalue weighted by Gasteiger charge is 2.11. The molecule has 0 bridgehead atoms. The summed E-state index contributed by atoms with van der Waals surface area (Å²) < 4.78 is 6.18. The first-order valence-corrected chi connectivity index (χ1v) is 7.18. The SMILES string of the molecule is Cc1ccc(C(C)C)c(Oc2ccccc2CCN)c1. The van der Waals surface area contributed by atoms with Crippen LogP contribution in [0.3, 0.4) is 0 Å². The lowest BCUT2D eigenvalue weighted by atomic mass is 10.0. The molecule has 0 atom stereocenters. The summed E-state index contributed by atoms with van der Waals surface area (Å²) >= 11 is 0. The maximum Gasteiger partial charge on any atom is 0.131 e. The van der Waals surface area contributed by atoms with Gasteiger partial charge in [0.2, 0.25) is 0 Å². The van der Waals surface area contributed by atoms with Gasteiger partial charge in [-0.2, -0.15) is 0 Å². The van der Waals surface area contributed by atoms with Gasteiger partial charge in [-0.25, -0.2) is 0 Å². The van der Waals surface area contributed by atoms with Crippen molar-refractivity contribution in [1.82, 2.24) is 0 Å². The lowest BCUT2D eigenvalue weighted by Crippen LogP contribution is -2.04. The summed E-state index contributed by atoms with van der Waals surface area (Å²) in [5.74, 6) is 2.29. The van der Waals surface area contributed by atoms with E-state index in [1.807, 2.05) is 18.2 Å². The van der Waals surface area contributed by atoms with Gasteiger partial charge in [-0.1, -0.05) is 44.2 Å². The molecule has 0 aliphatic heterocycles. The Labute approximate surface area is 121 Å². The molecule has 0 aliphatic carbocycles. The van der Waals surface area contributed by atoms with E-state index in [0.717, 1.165) is 23.5 Å². The predicted molar refractivity (Wildman–Crippen MR) is 84.5 cm³/mol. The van der Waals surface area contributed by atoms with Crippen LogP contribution in [-0.4, -0.2) is 6.54 Å². The van der Waals surface area contributed by atoms with Crippen LogP contribution in [0.2, 0.25) is 0 Å². The Balaban J connectivity index is 2.37. The van der Waals surface area contributed by atoms with Crippen molar-refractivity contribution >= 4 is 0 Å². The summed E-state index contributed by atoms with van der Waals surface area (Å²) in [5.41, 5.74) is 9.27. The Bertz CT molecular complexity index is 575. The summed E-state index contributed by atoms with van der Waals surface area (Å²) in [6.07, 6.45) is 0.832. The zero-order chi connectivity index (χ0) is 14.5. The van der Waals surface area contributed by atoms with Crippen LogP contribution in [0.1, 0.15) is 36.5 Å². The van der Waals surface area contributed by atoms with Gasteiger partial charge in [0, 0.05) is 0 Å². The van der Waals surface area contributed by atoms with Crippen molar-refractivity contribution in [2.24, 2.45) is 5.73 Å². The molecule has 0 amide bonds. The Kier molecular flexibility index (Phi) is 4.80. The van der Waals surface area contributed by atoms with Crippen molar-refractivity contribution in [2.45, 2.75) is 33.1 Å². The molecule has 0 heterocycles. The van der Waals surface area contributed by atoms with E-state index in [1.165, 1.54) is 11.1 Å². The van der Waals surface area contributed by atoms with E-state index in [1.54, 1.807) is 0 Å². The van der Waals surface area contributed by atoms with E-state index in [2.05, 4.69) is 45.0 Å². The van der Waals surface area contributed by atoms with Crippen LogP contribution in [-0.2, 0) is 6.42 Å². The van der Waals surface area contributed by atoms with Crippen LogP contribution in [0, 0.1) is 6.92 Å². The van der Waals surface area contributed by atoms with Gasteiger partial charge in [-0.15, -0.1) is 0 Å². The van der Waals surface area contributed by atoms with Crippen LogP contribution < -0.4 is 10.5 Å². The maximum absolute atomic E-state index is 6.18. The molecule has 0 saturated heterocycles.